The van der Waals surface area contributed by atoms with E-state index >= 15 is 0 Å². The van der Waals surface area contributed by atoms with Crippen LogP contribution in [0.1, 0.15) is 13.8 Å². The second kappa shape index (κ2) is 8.25. The summed E-state index contributed by atoms with van der Waals surface area (Å²) >= 11 is 0. The highest BCUT2D eigenvalue weighted by atomic mass is 16.7. The summed E-state index contributed by atoms with van der Waals surface area (Å²) in [6, 6.07) is 17.9. The number of hydrogen-bond acceptors (Lipinski definition) is 5. The maximum atomic E-state index is 12.2. The molecule has 0 aliphatic heterocycles. The van der Waals surface area contributed by atoms with E-state index in [1.165, 1.54) is 0 Å². The average molecular weight is 352 g/mol. The molecule has 0 saturated heterocycles. The van der Waals surface area contributed by atoms with E-state index in [0.717, 1.165) is 10.8 Å². The van der Waals surface area contributed by atoms with Crippen molar-refractivity contribution in [2.24, 2.45) is 0 Å². The molecule has 0 fully saturated rings. The quantitative estimate of drug-likeness (QED) is 0.450. The van der Waals surface area contributed by atoms with Crippen LogP contribution >= 0.6 is 0 Å². The fraction of sp³-hybridized carbons (Fsp3) is 0.190. The molecule has 0 aliphatic rings. The summed E-state index contributed by atoms with van der Waals surface area (Å²) < 4.78 is 22.1. The van der Waals surface area contributed by atoms with Gasteiger partial charge in [0.15, 0.2) is 11.5 Å². The Bertz CT molecular complexity index is 890. The van der Waals surface area contributed by atoms with Crippen molar-refractivity contribution in [2.75, 3.05) is 13.2 Å². The van der Waals surface area contributed by atoms with Crippen molar-refractivity contribution in [1.82, 2.24) is 0 Å². The summed E-state index contributed by atoms with van der Waals surface area (Å²) in [6.45, 7) is 4.76. The molecule has 0 aliphatic carbocycles. The zero-order valence-corrected chi connectivity index (χ0v) is 14.7. The number of carbonyl (C=O) groups excluding carboxylic acids is 1. The molecular weight excluding hydrogens is 332 g/mol. The van der Waals surface area contributed by atoms with E-state index in [9.17, 15) is 4.79 Å². The van der Waals surface area contributed by atoms with Gasteiger partial charge < -0.3 is 18.9 Å². The van der Waals surface area contributed by atoms with Gasteiger partial charge in [0, 0.05) is 16.8 Å². The van der Waals surface area contributed by atoms with Crippen LogP contribution in [0.2, 0.25) is 0 Å². The number of para-hydroxylation sites is 1. The van der Waals surface area contributed by atoms with Gasteiger partial charge in [-0.1, -0.05) is 42.5 Å². The Balaban J connectivity index is 1.97. The van der Waals surface area contributed by atoms with E-state index in [1.807, 2.05) is 44.2 Å². The van der Waals surface area contributed by atoms with Crippen LogP contribution in [0.3, 0.4) is 0 Å². The van der Waals surface area contributed by atoms with Crippen LogP contribution < -0.4 is 18.9 Å². The summed E-state index contributed by atoms with van der Waals surface area (Å²) in [5.74, 6) is 1.93. The van der Waals surface area contributed by atoms with Gasteiger partial charge in [-0.25, -0.2) is 4.79 Å². The molecule has 0 amide bonds. The lowest BCUT2D eigenvalue weighted by Crippen LogP contribution is -2.14. The third-order valence-corrected chi connectivity index (χ3v) is 3.65. The van der Waals surface area contributed by atoms with Crippen molar-refractivity contribution >= 4 is 16.9 Å². The normalized spacial score (nSPS) is 10.4. The first-order chi connectivity index (χ1) is 12.7. The fourth-order valence-electron chi connectivity index (χ4n) is 2.63. The molecule has 0 bridgehead atoms. The molecule has 26 heavy (non-hydrogen) atoms. The Hall–Kier alpha value is -3.21. The summed E-state index contributed by atoms with van der Waals surface area (Å²) in [5.41, 5.74) is 0. The summed E-state index contributed by atoms with van der Waals surface area (Å²) in [6.07, 6.45) is -0.812. The Kier molecular flexibility index (Phi) is 5.59. The molecule has 0 saturated carbocycles. The molecule has 0 heterocycles. The second-order valence-electron chi connectivity index (χ2n) is 5.38. The van der Waals surface area contributed by atoms with Gasteiger partial charge in [0.2, 0.25) is 0 Å². The van der Waals surface area contributed by atoms with Gasteiger partial charge in [-0.05, 0) is 26.0 Å². The number of carbonyl (C=O) groups is 1. The Morgan fingerprint density at radius 1 is 0.769 bits per heavy atom. The monoisotopic (exact) mass is 352 g/mol. The lowest BCUT2D eigenvalue weighted by Gasteiger charge is -2.16. The van der Waals surface area contributed by atoms with Gasteiger partial charge in [-0.15, -0.1) is 0 Å². The second-order valence-corrected chi connectivity index (χ2v) is 5.38. The third kappa shape index (κ3) is 3.88. The predicted octanol–water partition coefficient (Wildman–Crippen LogP) is 5.22. The zero-order chi connectivity index (χ0) is 18.4. The van der Waals surface area contributed by atoms with Crippen LogP contribution in [0.4, 0.5) is 4.79 Å². The summed E-state index contributed by atoms with van der Waals surface area (Å²) in [5, 5.41) is 1.55. The molecule has 0 atom stereocenters. The van der Waals surface area contributed by atoms with Gasteiger partial charge in [0.1, 0.15) is 11.5 Å². The van der Waals surface area contributed by atoms with E-state index < -0.39 is 6.16 Å². The van der Waals surface area contributed by atoms with E-state index in [2.05, 4.69) is 0 Å². The van der Waals surface area contributed by atoms with Crippen molar-refractivity contribution in [2.45, 2.75) is 13.8 Å². The standard InChI is InChI=1S/C21H20O5/c1-3-23-19-14-18(26-21(22)25-15-10-6-5-7-11-15)16-12-8-9-13-17(16)20(19)24-4-2/h5-14H,3-4H2,1-2H3. The topological polar surface area (TPSA) is 54.0 Å². The summed E-state index contributed by atoms with van der Waals surface area (Å²) in [4.78, 5) is 12.2. The first kappa shape index (κ1) is 17.6. The molecule has 3 aromatic rings. The molecule has 0 unspecified atom stereocenters. The van der Waals surface area contributed by atoms with Crippen molar-refractivity contribution in [3.63, 3.8) is 0 Å². The number of benzene rings is 3. The van der Waals surface area contributed by atoms with Crippen molar-refractivity contribution in [3.8, 4) is 23.0 Å². The smallest absolute Gasteiger partial charge is 0.490 e. The number of fused-ring (bicyclic) bond motifs is 1. The first-order valence-corrected chi connectivity index (χ1v) is 8.49. The lowest BCUT2D eigenvalue weighted by molar-refractivity contribution is 0.152. The minimum Gasteiger partial charge on any atom is -0.490 e. The number of hydrogen-bond donors (Lipinski definition) is 0. The SMILES string of the molecule is CCOc1cc(OC(=O)Oc2ccccc2)c2ccccc2c1OCC. The molecule has 0 N–H and O–H groups in total. The molecule has 3 rings (SSSR count). The van der Waals surface area contributed by atoms with Crippen LogP contribution in [0.15, 0.2) is 60.7 Å². The number of ether oxygens (including phenoxy) is 4. The molecule has 3 aromatic carbocycles. The Morgan fingerprint density at radius 2 is 1.42 bits per heavy atom. The van der Waals surface area contributed by atoms with Gasteiger partial charge >= 0.3 is 6.16 Å². The van der Waals surface area contributed by atoms with Gasteiger partial charge in [-0.3, -0.25) is 0 Å². The van der Waals surface area contributed by atoms with Crippen LogP contribution in [-0.4, -0.2) is 19.4 Å². The highest BCUT2D eigenvalue weighted by Gasteiger charge is 2.18. The van der Waals surface area contributed by atoms with Gasteiger partial charge in [-0.2, -0.15) is 0 Å². The van der Waals surface area contributed by atoms with E-state index in [0.29, 0.717) is 36.2 Å². The molecule has 0 aromatic heterocycles. The molecule has 5 nitrogen and oxygen atoms in total. The van der Waals surface area contributed by atoms with E-state index in [-0.39, 0.29) is 0 Å². The Morgan fingerprint density at radius 3 is 2.12 bits per heavy atom. The minimum absolute atomic E-state index is 0.355. The largest absolute Gasteiger partial charge is 0.519 e. The predicted molar refractivity (Wildman–Crippen MR) is 99.4 cm³/mol. The van der Waals surface area contributed by atoms with Crippen LogP contribution in [0, 0.1) is 0 Å². The van der Waals surface area contributed by atoms with Crippen molar-refractivity contribution in [3.05, 3.63) is 60.7 Å². The molecule has 5 heteroatoms. The molecular formula is C21H20O5. The minimum atomic E-state index is -0.812. The lowest BCUT2D eigenvalue weighted by atomic mass is 10.1. The molecule has 0 spiro atoms. The molecule has 134 valence electrons. The fourth-order valence-corrected chi connectivity index (χ4v) is 2.63. The van der Waals surface area contributed by atoms with Crippen LogP contribution in [0.25, 0.3) is 10.8 Å². The van der Waals surface area contributed by atoms with E-state index in [4.69, 9.17) is 18.9 Å². The highest BCUT2D eigenvalue weighted by molar-refractivity contribution is 5.96. The third-order valence-electron chi connectivity index (χ3n) is 3.65. The average Bonchev–Trinajstić information content (AvgIpc) is 2.65. The van der Waals surface area contributed by atoms with E-state index in [1.54, 1.807) is 30.3 Å². The summed E-state index contributed by atoms with van der Waals surface area (Å²) in [7, 11) is 0. The highest BCUT2D eigenvalue weighted by Crippen LogP contribution is 2.41. The molecule has 0 radical (unpaired) electrons. The van der Waals surface area contributed by atoms with Crippen LogP contribution in [-0.2, 0) is 0 Å². The Labute approximate surface area is 152 Å². The van der Waals surface area contributed by atoms with Crippen molar-refractivity contribution < 1.29 is 23.7 Å². The number of rotatable bonds is 6. The van der Waals surface area contributed by atoms with Gasteiger partial charge in [0.25, 0.3) is 0 Å². The first-order valence-electron chi connectivity index (χ1n) is 8.49. The maximum absolute atomic E-state index is 12.2. The van der Waals surface area contributed by atoms with Crippen molar-refractivity contribution in [1.29, 1.82) is 0 Å². The van der Waals surface area contributed by atoms with Crippen LogP contribution in [0.5, 0.6) is 23.0 Å². The van der Waals surface area contributed by atoms with Gasteiger partial charge in [0.05, 0.1) is 13.2 Å². The zero-order valence-electron chi connectivity index (χ0n) is 14.7. The maximum Gasteiger partial charge on any atom is 0.519 e.